The molecule has 3 aromatic rings. The van der Waals surface area contributed by atoms with Gasteiger partial charge in [-0.15, -0.1) is 10.2 Å². The van der Waals surface area contributed by atoms with E-state index in [1.165, 1.54) is 11.0 Å². The molecule has 0 saturated heterocycles. The Morgan fingerprint density at radius 3 is 2.19 bits per heavy atom. The van der Waals surface area contributed by atoms with Crippen LogP contribution in [0.1, 0.15) is 11.5 Å². The Bertz CT molecular complexity index is 1110. The highest BCUT2D eigenvalue weighted by Gasteiger charge is 2.15. The second-order valence-electron chi connectivity index (χ2n) is 6.71. The van der Waals surface area contributed by atoms with Crippen molar-refractivity contribution in [3.05, 3.63) is 53.9 Å². The second-order valence-corrected chi connectivity index (χ2v) is 6.71. The number of rotatable bonds is 9. The van der Waals surface area contributed by atoms with Crippen molar-refractivity contribution in [2.24, 2.45) is 0 Å². The van der Waals surface area contributed by atoms with Crippen molar-refractivity contribution in [1.29, 1.82) is 0 Å². The zero-order chi connectivity index (χ0) is 23.1. The summed E-state index contributed by atoms with van der Waals surface area (Å²) in [5.74, 6) is 2.78. The van der Waals surface area contributed by atoms with Crippen LogP contribution in [0.2, 0.25) is 0 Å². The topological polar surface area (TPSA) is 96.2 Å². The van der Waals surface area contributed by atoms with Crippen molar-refractivity contribution in [1.82, 2.24) is 15.1 Å². The molecular weight excluding hydrogens is 414 g/mol. The van der Waals surface area contributed by atoms with Crippen LogP contribution in [-0.2, 0) is 11.3 Å². The lowest BCUT2D eigenvalue weighted by atomic mass is 10.2. The van der Waals surface area contributed by atoms with Gasteiger partial charge in [-0.25, -0.2) is 0 Å². The minimum absolute atomic E-state index is 0.162. The third-order valence-corrected chi connectivity index (χ3v) is 4.67. The van der Waals surface area contributed by atoms with Gasteiger partial charge in [-0.05, 0) is 42.0 Å². The molecule has 0 radical (unpaired) electrons. The van der Waals surface area contributed by atoms with Crippen LogP contribution in [0.15, 0.2) is 46.9 Å². The number of nitrogens with zero attached hydrogens (tertiary/aromatic N) is 3. The molecule has 0 spiro atoms. The van der Waals surface area contributed by atoms with Gasteiger partial charge >= 0.3 is 0 Å². The molecule has 0 aliphatic rings. The third-order valence-electron chi connectivity index (χ3n) is 4.67. The van der Waals surface area contributed by atoms with Crippen molar-refractivity contribution in [3.8, 4) is 34.5 Å². The predicted octanol–water partition coefficient (Wildman–Crippen LogP) is 3.44. The number of methoxy groups -OCH3 is 4. The number of carbonyl (C=O) groups is 1. The molecule has 9 heteroatoms. The van der Waals surface area contributed by atoms with Crippen molar-refractivity contribution in [2.45, 2.75) is 6.54 Å². The van der Waals surface area contributed by atoms with E-state index in [1.54, 1.807) is 71.9 Å². The molecule has 0 N–H and O–H groups in total. The number of hydrogen-bond acceptors (Lipinski definition) is 8. The van der Waals surface area contributed by atoms with Gasteiger partial charge in [0.05, 0.1) is 35.0 Å². The number of ether oxygens (including phenoxy) is 4. The highest BCUT2D eigenvalue weighted by molar-refractivity contribution is 5.91. The van der Waals surface area contributed by atoms with E-state index in [1.807, 2.05) is 6.07 Å². The summed E-state index contributed by atoms with van der Waals surface area (Å²) in [5.41, 5.74) is 1.49. The molecule has 0 atom stereocenters. The number of carbonyl (C=O) groups excluding carboxylic acids is 1. The average Bonchev–Trinajstić information content (AvgIpc) is 3.30. The molecule has 0 unspecified atom stereocenters. The molecule has 0 bridgehead atoms. The Morgan fingerprint density at radius 2 is 1.53 bits per heavy atom. The standard InChI is InChI=1S/C23H25N3O6/c1-26(22(27)11-7-15-6-9-17(28-2)19(12-15)30-4)14-21-24-25-23(32-21)16-8-10-18(29-3)20(13-16)31-5/h6-13H,14H2,1-5H3/b11-7+. The Kier molecular flexibility index (Phi) is 7.33. The first-order valence-electron chi connectivity index (χ1n) is 9.69. The average molecular weight is 439 g/mol. The van der Waals surface area contributed by atoms with Crippen molar-refractivity contribution >= 4 is 12.0 Å². The van der Waals surface area contributed by atoms with Crippen LogP contribution in [0, 0.1) is 0 Å². The predicted molar refractivity (Wildman–Crippen MR) is 118 cm³/mol. The van der Waals surface area contributed by atoms with Crippen LogP contribution >= 0.6 is 0 Å². The molecule has 1 heterocycles. The van der Waals surface area contributed by atoms with Crippen molar-refractivity contribution in [3.63, 3.8) is 0 Å². The maximum atomic E-state index is 12.5. The highest BCUT2D eigenvalue weighted by atomic mass is 16.5. The van der Waals surface area contributed by atoms with E-state index >= 15 is 0 Å². The van der Waals surface area contributed by atoms with E-state index in [4.69, 9.17) is 23.4 Å². The molecule has 3 rings (SSSR count). The maximum Gasteiger partial charge on any atom is 0.247 e. The molecule has 0 aliphatic carbocycles. The normalized spacial score (nSPS) is 10.8. The number of benzene rings is 2. The van der Waals surface area contributed by atoms with Gasteiger partial charge < -0.3 is 28.3 Å². The van der Waals surface area contributed by atoms with Gasteiger partial charge in [0.2, 0.25) is 17.7 Å². The van der Waals surface area contributed by atoms with E-state index in [0.29, 0.717) is 40.3 Å². The van der Waals surface area contributed by atoms with Gasteiger partial charge in [0, 0.05) is 18.7 Å². The van der Waals surface area contributed by atoms with E-state index in [9.17, 15) is 4.79 Å². The lowest BCUT2D eigenvalue weighted by molar-refractivity contribution is -0.125. The fourth-order valence-electron chi connectivity index (χ4n) is 2.94. The largest absolute Gasteiger partial charge is 0.493 e. The van der Waals surface area contributed by atoms with Gasteiger partial charge in [0.15, 0.2) is 23.0 Å². The van der Waals surface area contributed by atoms with Gasteiger partial charge in [-0.3, -0.25) is 4.79 Å². The highest BCUT2D eigenvalue weighted by Crippen LogP contribution is 2.32. The Balaban J connectivity index is 1.66. The molecule has 9 nitrogen and oxygen atoms in total. The first-order valence-corrected chi connectivity index (χ1v) is 9.69. The summed E-state index contributed by atoms with van der Waals surface area (Å²) in [6, 6.07) is 10.7. The Labute approximate surface area is 186 Å². The summed E-state index contributed by atoms with van der Waals surface area (Å²) in [6.07, 6.45) is 3.16. The number of hydrogen-bond donors (Lipinski definition) is 0. The first-order chi connectivity index (χ1) is 15.5. The minimum Gasteiger partial charge on any atom is -0.493 e. The van der Waals surface area contributed by atoms with Crippen LogP contribution in [0.25, 0.3) is 17.5 Å². The summed E-state index contributed by atoms with van der Waals surface area (Å²) >= 11 is 0. The zero-order valence-electron chi connectivity index (χ0n) is 18.6. The lowest BCUT2D eigenvalue weighted by Crippen LogP contribution is -2.24. The minimum atomic E-state index is -0.217. The quantitative estimate of drug-likeness (QED) is 0.468. The molecule has 0 fully saturated rings. The van der Waals surface area contributed by atoms with Crippen molar-refractivity contribution < 1.29 is 28.2 Å². The molecule has 1 aromatic heterocycles. The van der Waals surface area contributed by atoms with E-state index in [-0.39, 0.29) is 12.5 Å². The van der Waals surface area contributed by atoms with Crippen molar-refractivity contribution in [2.75, 3.05) is 35.5 Å². The van der Waals surface area contributed by atoms with Crippen LogP contribution in [0.3, 0.4) is 0 Å². The Hall–Kier alpha value is -4.01. The van der Waals surface area contributed by atoms with E-state index in [0.717, 1.165) is 5.56 Å². The maximum absolute atomic E-state index is 12.5. The zero-order valence-corrected chi connectivity index (χ0v) is 18.6. The fourth-order valence-corrected chi connectivity index (χ4v) is 2.94. The van der Waals surface area contributed by atoms with Gasteiger partial charge in [0.25, 0.3) is 0 Å². The molecule has 0 aliphatic heterocycles. The van der Waals surface area contributed by atoms with Gasteiger partial charge in [-0.2, -0.15) is 0 Å². The first kappa shape index (κ1) is 22.7. The number of aromatic nitrogens is 2. The third kappa shape index (κ3) is 5.18. The van der Waals surface area contributed by atoms with Crippen LogP contribution in [0.4, 0.5) is 0 Å². The molecule has 2 aromatic carbocycles. The molecule has 32 heavy (non-hydrogen) atoms. The number of likely N-dealkylation sites (N-methyl/N-ethyl adjacent to an activating group) is 1. The Morgan fingerprint density at radius 1 is 0.906 bits per heavy atom. The molecule has 1 amide bonds. The molecule has 0 saturated carbocycles. The van der Waals surface area contributed by atoms with Gasteiger partial charge in [0.1, 0.15) is 0 Å². The fraction of sp³-hybridized carbons (Fsp3) is 0.261. The summed E-state index contributed by atoms with van der Waals surface area (Å²) < 4.78 is 26.8. The number of amides is 1. The summed E-state index contributed by atoms with van der Waals surface area (Å²) in [5, 5.41) is 8.10. The smallest absolute Gasteiger partial charge is 0.247 e. The summed E-state index contributed by atoms with van der Waals surface area (Å²) in [4.78, 5) is 14.0. The van der Waals surface area contributed by atoms with Gasteiger partial charge in [-0.1, -0.05) is 6.07 Å². The van der Waals surface area contributed by atoms with E-state index in [2.05, 4.69) is 10.2 Å². The monoisotopic (exact) mass is 439 g/mol. The molecular formula is C23H25N3O6. The summed E-state index contributed by atoms with van der Waals surface area (Å²) in [6.45, 7) is 0.162. The summed E-state index contributed by atoms with van der Waals surface area (Å²) in [7, 11) is 7.90. The van der Waals surface area contributed by atoms with Crippen LogP contribution in [0.5, 0.6) is 23.0 Å². The lowest BCUT2D eigenvalue weighted by Gasteiger charge is -2.12. The van der Waals surface area contributed by atoms with E-state index < -0.39 is 0 Å². The SMILES string of the molecule is COc1ccc(/C=C/C(=O)N(C)Cc2nnc(-c3ccc(OC)c(OC)c3)o2)cc1OC. The second kappa shape index (κ2) is 10.3. The van der Waals surface area contributed by atoms with Crippen LogP contribution < -0.4 is 18.9 Å². The molecule has 168 valence electrons. The van der Waals surface area contributed by atoms with Crippen LogP contribution in [-0.4, -0.2) is 56.5 Å².